The Morgan fingerprint density at radius 1 is 1.00 bits per heavy atom. The van der Waals surface area contributed by atoms with Crippen molar-refractivity contribution in [2.24, 2.45) is 5.73 Å². The van der Waals surface area contributed by atoms with Gasteiger partial charge in [-0.1, -0.05) is 42.5 Å². The van der Waals surface area contributed by atoms with Gasteiger partial charge in [0.15, 0.2) is 5.78 Å². The largest absolute Gasteiger partial charge is 0.444 e. The van der Waals surface area contributed by atoms with Crippen LogP contribution in [0.3, 0.4) is 0 Å². The number of carbonyl (C=O) groups excluding carboxylic acids is 1. The van der Waals surface area contributed by atoms with Gasteiger partial charge in [0.1, 0.15) is 17.4 Å². The highest BCUT2D eigenvalue weighted by atomic mass is 19.4. The molecule has 0 amide bonds. The molecule has 0 spiro atoms. The van der Waals surface area contributed by atoms with Crippen molar-refractivity contribution >= 4 is 5.78 Å². The van der Waals surface area contributed by atoms with Crippen LogP contribution in [-0.2, 0) is 15.7 Å². The van der Waals surface area contributed by atoms with Crippen molar-refractivity contribution in [3.05, 3.63) is 94.1 Å². The Hall–Kier alpha value is -3.53. The summed E-state index contributed by atoms with van der Waals surface area (Å²) in [6, 6.07) is 15.9. The number of ether oxygens (including phenoxy) is 1. The number of nitriles is 1. The third-order valence-corrected chi connectivity index (χ3v) is 5.50. The molecule has 2 aromatic carbocycles. The summed E-state index contributed by atoms with van der Waals surface area (Å²) >= 11 is 0. The molecule has 2 atom stereocenters. The van der Waals surface area contributed by atoms with Crippen LogP contribution in [0.5, 0.6) is 0 Å². The van der Waals surface area contributed by atoms with E-state index in [4.69, 9.17) is 10.5 Å². The predicted molar refractivity (Wildman–Crippen MR) is 103 cm³/mol. The fourth-order valence-corrected chi connectivity index (χ4v) is 4.07. The number of halogens is 3. The van der Waals surface area contributed by atoms with Crippen LogP contribution in [0.25, 0.3) is 0 Å². The van der Waals surface area contributed by atoms with Crippen molar-refractivity contribution in [2.45, 2.75) is 30.9 Å². The number of hydrogen-bond acceptors (Lipinski definition) is 4. The summed E-state index contributed by atoms with van der Waals surface area (Å²) < 4.78 is 44.5. The summed E-state index contributed by atoms with van der Waals surface area (Å²) in [6.45, 7) is 0. The Morgan fingerprint density at radius 2 is 1.67 bits per heavy atom. The lowest BCUT2D eigenvalue weighted by Gasteiger charge is -2.34. The molecular weight excluding hydrogens is 393 g/mol. The van der Waals surface area contributed by atoms with Crippen molar-refractivity contribution in [3.8, 4) is 6.07 Å². The van der Waals surface area contributed by atoms with Crippen LogP contribution in [0.15, 0.2) is 77.4 Å². The Bertz CT molecular complexity index is 1090. The van der Waals surface area contributed by atoms with Crippen LogP contribution >= 0.6 is 0 Å². The maximum atomic E-state index is 13.1. The third kappa shape index (κ3) is 3.45. The Balaban J connectivity index is 1.76. The van der Waals surface area contributed by atoms with Crippen LogP contribution in [0.2, 0.25) is 0 Å². The van der Waals surface area contributed by atoms with Crippen LogP contribution in [0, 0.1) is 11.3 Å². The van der Waals surface area contributed by atoms with Crippen molar-refractivity contribution in [2.75, 3.05) is 0 Å². The van der Waals surface area contributed by atoms with Crippen LogP contribution in [-0.4, -0.2) is 5.78 Å². The average Bonchev–Trinajstić information content (AvgIpc) is 2.72. The number of benzene rings is 2. The quantitative estimate of drug-likeness (QED) is 0.763. The highest BCUT2D eigenvalue weighted by molar-refractivity contribution is 6.00. The Labute approximate surface area is 171 Å². The molecule has 1 heterocycles. The summed E-state index contributed by atoms with van der Waals surface area (Å²) in [7, 11) is 0. The first-order valence-electron chi connectivity index (χ1n) is 9.35. The van der Waals surface area contributed by atoms with Crippen molar-refractivity contribution in [3.63, 3.8) is 0 Å². The van der Waals surface area contributed by atoms with Crippen molar-refractivity contribution in [1.29, 1.82) is 5.26 Å². The number of Topliss-reactive ketones (excluding diaryl/α,β-unsaturated/α-hetero) is 1. The molecule has 4 nitrogen and oxygen atoms in total. The average molecular weight is 410 g/mol. The standard InChI is InChI=1S/C23H17F3N2O2/c24-23(25,26)16-8-6-14(7-9-16)20-17(12-27)22(28)30-19-11-15(10-18(29)21(19)20)13-4-2-1-3-5-13/h1-9,15,20H,10-11,28H2/t15-,20-/m1/s1. The van der Waals surface area contributed by atoms with Gasteiger partial charge in [0.05, 0.1) is 11.5 Å². The second-order valence-electron chi connectivity index (χ2n) is 7.32. The lowest BCUT2D eigenvalue weighted by atomic mass is 9.73. The molecular formula is C23H17F3N2O2. The summed E-state index contributed by atoms with van der Waals surface area (Å²) in [4.78, 5) is 13.1. The normalized spacial score (nSPS) is 21.7. The molecule has 0 saturated carbocycles. The van der Waals surface area contributed by atoms with E-state index in [9.17, 15) is 23.2 Å². The molecule has 2 aromatic rings. The van der Waals surface area contributed by atoms with Gasteiger partial charge in [-0.2, -0.15) is 18.4 Å². The van der Waals surface area contributed by atoms with Gasteiger partial charge in [0.2, 0.25) is 5.88 Å². The second kappa shape index (κ2) is 7.38. The first kappa shape index (κ1) is 19.8. The molecule has 2 N–H and O–H groups in total. The molecule has 7 heteroatoms. The fourth-order valence-electron chi connectivity index (χ4n) is 4.07. The molecule has 0 saturated heterocycles. The second-order valence-corrected chi connectivity index (χ2v) is 7.32. The highest BCUT2D eigenvalue weighted by Crippen LogP contribution is 2.47. The molecule has 1 aliphatic heterocycles. The Kier molecular flexibility index (Phi) is 4.86. The minimum Gasteiger partial charge on any atom is -0.444 e. The SMILES string of the molecule is N#CC1=C(N)OC2=C(C(=O)C[C@@H](c3ccccc3)C2)[C@@H]1c1ccc(C(F)(F)F)cc1. The monoisotopic (exact) mass is 410 g/mol. The van der Waals surface area contributed by atoms with E-state index in [0.717, 1.165) is 17.7 Å². The molecule has 152 valence electrons. The van der Waals surface area contributed by atoms with E-state index in [1.807, 2.05) is 36.4 Å². The fraction of sp³-hybridized carbons (Fsp3) is 0.217. The lowest BCUT2D eigenvalue weighted by Crippen LogP contribution is -2.29. The lowest BCUT2D eigenvalue weighted by molar-refractivity contribution is -0.137. The molecule has 2 aliphatic rings. The van der Waals surface area contributed by atoms with Gasteiger partial charge in [-0.25, -0.2) is 0 Å². The van der Waals surface area contributed by atoms with Crippen LogP contribution in [0.4, 0.5) is 13.2 Å². The summed E-state index contributed by atoms with van der Waals surface area (Å²) in [5.41, 5.74) is 6.87. The third-order valence-electron chi connectivity index (χ3n) is 5.50. The van der Waals surface area contributed by atoms with E-state index in [-0.39, 0.29) is 29.6 Å². The minimum atomic E-state index is -4.48. The zero-order valence-electron chi connectivity index (χ0n) is 15.7. The number of nitrogens with two attached hydrogens (primary N) is 1. The number of alkyl halides is 3. The number of nitrogens with zero attached hydrogens (tertiary/aromatic N) is 1. The van der Waals surface area contributed by atoms with E-state index in [2.05, 4.69) is 0 Å². The molecule has 0 bridgehead atoms. The number of carbonyl (C=O) groups is 1. The van der Waals surface area contributed by atoms with Gasteiger partial charge in [0.25, 0.3) is 0 Å². The zero-order valence-corrected chi connectivity index (χ0v) is 15.7. The molecule has 1 aliphatic carbocycles. The van der Waals surface area contributed by atoms with E-state index < -0.39 is 17.7 Å². The van der Waals surface area contributed by atoms with E-state index >= 15 is 0 Å². The molecule has 30 heavy (non-hydrogen) atoms. The smallest absolute Gasteiger partial charge is 0.416 e. The summed E-state index contributed by atoms with van der Waals surface area (Å²) in [6.07, 6.45) is -3.83. The highest BCUT2D eigenvalue weighted by Gasteiger charge is 2.41. The van der Waals surface area contributed by atoms with Gasteiger partial charge >= 0.3 is 6.18 Å². The molecule has 0 radical (unpaired) electrons. The predicted octanol–water partition coefficient (Wildman–Crippen LogP) is 4.91. The van der Waals surface area contributed by atoms with Crippen molar-refractivity contribution in [1.82, 2.24) is 0 Å². The topological polar surface area (TPSA) is 76.1 Å². The number of allylic oxidation sites excluding steroid dienone is 3. The molecule has 0 unspecified atom stereocenters. The van der Waals surface area contributed by atoms with Gasteiger partial charge in [-0.3, -0.25) is 4.79 Å². The maximum Gasteiger partial charge on any atom is 0.416 e. The summed E-state index contributed by atoms with van der Waals surface area (Å²) in [5, 5.41) is 9.60. The number of ketones is 1. The van der Waals surface area contributed by atoms with Gasteiger partial charge < -0.3 is 10.5 Å². The Morgan fingerprint density at radius 3 is 2.27 bits per heavy atom. The first-order chi connectivity index (χ1) is 14.3. The first-order valence-corrected chi connectivity index (χ1v) is 9.35. The van der Waals surface area contributed by atoms with Crippen LogP contribution < -0.4 is 5.73 Å². The zero-order chi connectivity index (χ0) is 21.5. The molecule has 0 fully saturated rings. The van der Waals surface area contributed by atoms with E-state index in [1.54, 1.807) is 0 Å². The number of rotatable bonds is 2. The maximum absolute atomic E-state index is 13.1. The van der Waals surface area contributed by atoms with Gasteiger partial charge in [-0.05, 0) is 29.2 Å². The van der Waals surface area contributed by atoms with Crippen LogP contribution in [0.1, 0.15) is 41.4 Å². The van der Waals surface area contributed by atoms with E-state index in [0.29, 0.717) is 23.3 Å². The molecule has 4 rings (SSSR count). The van der Waals surface area contributed by atoms with Gasteiger partial charge in [-0.15, -0.1) is 0 Å². The molecule has 0 aromatic heterocycles. The van der Waals surface area contributed by atoms with Crippen molar-refractivity contribution < 1.29 is 22.7 Å². The van der Waals surface area contributed by atoms with E-state index in [1.165, 1.54) is 12.1 Å². The number of hydrogen-bond donors (Lipinski definition) is 1. The summed E-state index contributed by atoms with van der Waals surface area (Å²) in [5.74, 6) is -0.883. The van der Waals surface area contributed by atoms with Gasteiger partial charge in [0, 0.05) is 18.4 Å². The minimum absolute atomic E-state index is 0.0278.